The monoisotopic (exact) mass is 376 g/mol. The van der Waals surface area contributed by atoms with Gasteiger partial charge in [0.2, 0.25) is 0 Å². The molecule has 0 radical (unpaired) electrons. The highest BCUT2D eigenvalue weighted by atomic mass is 16.6. The Bertz CT molecular complexity index is 760. The average Bonchev–Trinajstić information content (AvgIpc) is 2.74. The molecule has 0 fully saturated rings. The Kier molecular flexibility index (Phi) is 5.27. The minimum absolute atomic E-state index is 0.261. The fourth-order valence-corrected chi connectivity index (χ4v) is 2.89. The first-order chi connectivity index (χ1) is 12.2. The van der Waals surface area contributed by atoms with Crippen molar-refractivity contribution in [1.29, 1.82) is 0 Å². The highest BCUT2D eigenvalue weighted by molar-refractivity contribution is 6.08. The summed E-state index contributed by atoms with van der Waals surface area (Å²) < 4.78 is 10.7. The van der Waals surface area contributed by atoms with Crippen LogP contribution in [-0.4, -0.2) is 39.7 Å². The molecule has 7 nitrogen and oxygen atoms in total. The summed E-state index contributed by atoms with van der Waals surface area (Å²) in [5, 5.41) is 0.953. The van der Waals surface area contributed by atoms with Gasteiger partial charge in [0.15, 0.2) is 5.78 Å². The van der Waals surface area contributed by atoms with E-state index in [-0.39, 0.29) is 12.2 Å². The first-order valence-electron chi connectivity index (χ1n) is 8.88. The van der Waals surface area contributed by atoms with Gasteiger partial charge < -0.3 is 9.47 Å². The molecule has 0 saturated carbocycles. The van der Waals surface area contributed by atoms with E-state index in [0.29, 0.717) is 5.56 Å². The standard InChI is InChI=1S/C20H28N2O5/c1-18(2,3)26-16(24)21-22(17(25)27-19(4,5)6)20(7)12-13-10-8-9-11-14(13)15(20)23/h8-11H,12H2,1-7H3,(H,21,24)/t20-/m1/s1. The Hall–Kier alpha value is -2.57. The fraction of sp³-hybridized carbons (Fsp3) is 0.550. The van der Waals surface area contributed by atoms with Gasteiger partial charge in [-0.1, -0.05) is 24.3 Å². The highest BCUT2D eigenvalue weighted by Crippen LogP contribution is 2.34. The number of hydrogen-bond acceptors (Lipinski definition) is 5. The second-order valence-corrected chi connectivity index (χ2v) is 8.87. The predicted octanol–water partition coefficient (Wildman–Crippen LogP) is 3.86. The number of fused-ring (bicyclic) bond motifs is 1. The maximum Gasteiger partial charge on any atom is 0.430 e. The van der Waals surface area contributed by atoms with Crippen molar-refractivity contribution in [1.82, 2.24) is 10.4 Å². The van der Waals surface area contributed by atoms with E-state index in [2.05, 4.69) is 5.43 Å². The van der Waals surface area contributed by atoms with Gasteiger partial charge in [-0.15, -0.1) is 0 Å². The van der Waals surface area contributed by atoms with E-state index in [4.69, 9.17) is 9.47 Å². The van der Waals surface area contributed by atoms with E-state index in [0.717, 1.165) is 10.6 Å². The third-order valence-electron chi connectivity index (χ3n) is 3.96. The quantitative estimate of drug-likeness (QED) is 0.752. The lowest BCUT2D eigenvalue weighted by atomic mass is 9.96. The lowest BCUT2D eigenvalue weighted by molar-refractivity contribution is -0.0220. The molecular weight excluding hydrogens is 348 g/mol. The lowest BCUT2D eigenvalue weighted by Gasteiger charge is -2.37. The van der Waals surface area contributed by atoms with Crippen LogP contribution in [0.3, 0.4) is 0 Å². The Morgan fingerprint density at radius 3 is 2.11 bits per heavy atom. The highest BCUT2D eigenvalue weighted by Gasteiger charge is 2.50. The van der Waals surface area contributed by atoms with E-state index in [1.54, 1.807) is 60.6 Å². The topological polar surface area (TPSA) is 84.9 Å². The van der Waals surface area contributed by atoms with Crippen LogP contribution in [0.15, 0.2) is 24.3 Å². The Labute approximate surface area is 160 Å². The third kappa shape index (κ3) is 4.78. The van der Waals surface area contributed by atoms with Crippen molar-refractivity contribution in [3.05, 3.63) is 35.4 Å². The van der Waals surface area contributed by atoms with Gasteiger partial charge in [0.1, 0.15) is 16.7 Å². The number of ketones is 1. The summed E-state index contributed by atoms with van der Waals surface area (Å²) in [6, 6.07) is 7.14. The fourth-order valence-electron chi connectivity index (χ4n) is 2.89. The molecule has 0 aliphatic heterocycles. The molecule has 1 aromatic carbocycles. The first-order valence-corrected chi connectivity index (χ1v) is 8.88. The second-order valence-electron chi connectivity index (χ2n) is 8.87. The van der Waals surface area contributed by atoms with E-state index in [1.165, 1.54) is 0 Å². The van der Waals surface area contributed by atoms with Crippen LogP contribution in [0.25, 0.3) is 0 Å². The zero-order valence-electron chi connectivity index (χ0n) is 17.0. The van der Waals surface area contributed by atoms with Gasteiger partial charge in [-0.2, -0.15) is 0 Å². The number of nitrogens with one attached hydrogen (secondary N) is 1. The van der Waals surface area contributed by atoms with E-state index in [1.807, 2.05) is 12.1 Å². The summed E-state index contributed by atoms with van der Waals surface area (Å²) in [4.78, 5) is 38.2. The lowest BCUT2D eigenvalue weighted by Crippen LogP contribution is -2.62. The minimum Gasteiger partial charge on any atom is -0.443 e. The maximum absolute atomic E-state index is 13.1. The molecule has 0 spiro atoms. The number of carbonyl (C=O) groups excluding carboxylic acids is 3. The largest absolute Gasteiger partial charge is 0.443 e. The Balaban J connectivity index is 2.36. The Morgan fingerprint density at radius 1 is 1.04 bits per heavy atom. The summed E-state index contributed by atoms with van der Waals surface area (Å²) >= 11 is 0. The van der Waals surface area contributed by atoms with E-state index in [9.17, 15) is 14.4 Å². The van der Waals surface area contributed by atoms with Crippen molar-refractivity contribution in [2.24, 2.45) is 0 Å². The molecule has 1 atom stereocenters. The zero-order valence-corrected chi connectivity index (χ0v) is 17.0. The van der Waals surface area contributed by atoms with Crippen molar-refractivity contribution >= 4 is 18.0 Å². The molecule has 0 heterocycles. The SMILES string of the molecule is CC(C)(C)OC(=O)NN(C(=O)OC(C)(C)C)[C@]1(C)Cc2ccccc2C1=O. The van der Waals surface area contributed by atoms with Crippen molar-refractivity contribution in [2.75, 3.05) is 0 Å². The molecule has 0 aromatic heterocycles. The van der Waals surface area contributed by atoms with Crippen LogP contribution in [0.4, 0.5) is 9.59 Å². The van der Waals surface area contributed by atoms with E-state index >= 15 is 0 Å². The molecule has 2 amide bonds. The van der Waals surface area contributed by atoms with Crippen molar-refractivity contribution in [3.63, 3.8) is 0 Å². The zero-order chi connectivity index (χ0) is 20.6. The smallest absolute Gasteiger partial charge is 0.430 e. The molecule has 27 heavy (non-hydrogen) atoms. The predicted molar refractivity (Wildman–Crippen MR) is 100 cm³/mol. The number of hydrogen-bond donors (Lipinski definition) is 1. The molecular formula is C20H28N2O5. The van der Waals surface area contributed by atoms with Crippen molar-refractivity contribution in [2.45, 2.75) is 71.6 Å². The molecule has 0 saturated heterocycles. The minimum atomic E-state index is -1.32. The number of Topliss-reactive ketones (excluding diaryl/α,β-unsaturated/α-hetero) is 1. The van der Waals surface area contributed by atoms with E-state index < -0.39 is 28.9 Å². The normalized spacial score (nSPS) is 19.3. The maximum atomic E-state index is 13.1. The van der Waals surface area contributed by atoms with Crippen LogP contribution in [0.1, 0.15) is 64.4 Å². The van der Waals surface area contributed by atoms with Crippen LogP contribution in [0.2, 0.25) is 0 Å². The molecule has 1 aliphatic carbocycles. The average molecular weight is 376 g/mol. The summed E-state index contributed by atoms with van der Waals surface area (Å²) in [5.74, 6) is -0.264. The van der Waals surface area contributed by atoms with Crippen molar-refractivity contribution < 1.29 is 23.9 Å². The van der Waals surface area contributed by atoms with Crippen LogP contribution in [0, 0.1) is 0 Å². The van der Waals surface area contributed by atoms with Gasteiger partial charge in [0.05, 0.1) is 0 Å². The van der Waals surface area contributed by atoms with Crippen LogP contribution < -0.4 is 5.43 Å². The third-order valence-corrected chi connectivity index (χ3v) is 3.96. The molecule has 1 aliphatic rings. The summed E-state index contributed by atoms with van der Waals surface area (Å²) in [7, 11) is 0. The van der Waals surface area contributed by atoms with Crippen LogP contribution in [-0.2, 0) is 15.9 Å². The Morgan fingerprint density at radius 2 is 1.59 bits per heavy atom. The van der Waals surface area contributed by atoms with Gasteiger partial charge in [0, 0.05) is 12.0 Å². The molecule has 1 N–H and O–H groups in total. The number of nitrogens with zero attached hydrogens (tertiary/aromatic N) is 1. The first kappa shape index (κ1) is 20.7. The number of rotatable bonds is 1. The molecule has 7 heteroatoms. The number of benzene rings is 1. The van der Waals surface area contributed by atoms with Gasteiger partial charge in [0.25, 0.3) is 0 Å². The van der Waals surface area contributed by atoms with Gasteiger partial charge >= 0.3 is 12.2 Å². The molecule has 0 bridgehead atoms. The second kappa shape index (κ2) is 6.87. The molecule has 0 unspecified atom stereocenters. The number of hydrazine groups is 1. The number of amides is 2. The van der Waals surface area contributed by atoms with Crippen molar-refractivity contribution in [3.8, 4) is 0 Å². The van der Waals surface area contributed by atoms with Gasteiger partial charge in [-0.3, -0.25) is 4.79 Å². The summed E-state index contributed by atoms with van der Waals surface area (Å²) in [5.41, 5.74) is 0.888. The van der Waals surface area contributed by atoms with Gasteiger partial charge in [-0.05, 0) is 54.0 Å². The molecule has 148 valence electrons. The summed E-state index contributed by atoms with van der Waals surface area (Å²) in [6.07, 6.45) is -1.40. The molecule has 2 rings (SSSR count). The number of ether oxygens (including phenoxy) is 2. The van der Waals surface area contributed by atoms with Gasteiger partial charge in [-0.25, -0.2) is 20.0 Å². The van der Waals surface area contributed by atoms with Crippen LogP contribution in [0.5, 0.6) is 0 Å². The van der Waals surface area contributed by atoms with Crippen LogP contribution >= 0.6 is 0 Å². The molecule has 1 aromatic rings. The number of carbonyl (C=O) groups is 3. The summed E-state index contributed by atoms with van der Waals surface area (Å²) in [6.45, 7) is 11.9.